The summed E-state index contributed by atoms with van der Waals surface area (Å²) in [6, 6.07) is 0.608. The predicted molar refractivity (Wildman–Crippen MR) is 73.2 cm³/mol. The molecule has 0 aromatic carbocycles. The van der Waals surface area contributed by atoms with Gasteiger partial charge in [-0.05, 0) is 32.1 Å². The maximum absolute atomic E-state index is 12.2. The van der Waals surface area contributed by atoms with Crippen LogP contribution >= 0.6 is 0 Å². The Morgan fingerprint density at radius 3 is 2.56 bits per heavy atom. The molecule has 1 fully saturated rings. The smallest absolute Gasteiger partial charge is 0.224 e. The number of hydrogen-bond donors (Lipinski definition) is 2. The lowest BCUT2D eigenvalue weighted by atomic mass is 10.1. The molecule has 102 valence electrons. The highest BCUT2D eigenvalue weighted by molar-refractivity contribution is 5.77. The molecule has 1 amide bonds. The van der Waals surface area contributed by atoms with Crippen molar-refractivity contribution < 1.29 is 4.79 Å². The molecule has 1 atom stereocenters. The molecule has 18 heavy (non-hydrogen) atoms. The summed E-state index contributed by atoms with van der Waals surface area (Å²) in [5.41, 5.74) is 5.78. The summed E-state index contributed by atoms with van der Waals surface area (Å²) >= 11 is 0. The van der Waals surface area contributed by atoms with Crippen LogP contribution in [-0.2, 0) is 4.79 Å². The van der Waals surface area contributed by atoms with Crippen LogP contribution in [-0.4, -0.2) is 42.5 Å². The Balaban J connectivity index is 1.75. The molecule has 1 aliphatic heterocycles. The highest BCUT2D eigenvalue weighted by atomic mass is 16.2. The normalized spacial score (nSPS) is 22.4. The van der Waals surface area contributed by atoms with E-state index in [0.29, 0.717) is 19.0 Å². The Kier molecular flexibility index (Phi) is 5.20. The second-order valence-electron chi connectivity index (χ2n) is 5.38. The zero-order valence-corrected chi connectivity index (χ0v) is 11.1. The van der Waals surface area contributed by atoms with Crippen molar-refractivity contribution in [2.24, 2.45) is 5.73 Å². The largest absolute Gasteiger partial charge is 0.343 e. The third kappa shape index (κ3) is 3.82. The summed E-state index contributed by atoms with van der Waals surface area (Å²) in [4.78, 5) is 14.2. The molecule has 2 rings (SSSR count). The van der Waals surface area contributed by atoms with Crippen LogP contribution in [0.25, 0.3) is 0 Å². The number of nitrogens with zero attached hydrogens (tertiary/aromatic N) is 1. The second kappa shape index (κ2) is 6.90. The maximum atomic E-state index is 12.2. The summed E-state index contributed by atoms with van der Waals surface area (Å²) in [6.45, 7) is 2.40. The van der Waals surface area contributed by atoms with Crippen molar-refractivity contribution in [2.75, 3.05) is 19.6 Å². The summed E-state index contributed by atoms with van der Waals surface area (Å²) in [5, 5.41) is 3.50. The minimum atomic E-state index is 0.129. The molecule has 0 bridgehead atoms. The van der Waals surface area contributed by atoms with Crippen LogP contribution in [0.1, 0.15) is 38.5 Å². The molecule has 4 nitrogen and oxygen atoms in total. The van der Waals surface area contributed by atoms with Crippen molar-refractivity contribution in [3.05, 3.63) is 12.2 Å². The van der Waals surface area contributed by atoms with Gasteiger partial charge in [-0.15, -0.1) is 0 Å². The Morgan fingerprint density at radius 1 is 1.28 bits per heavy atom. The van der Waals surface area contributed by atoms with E-state index in [2.05, 4.69) is 17.5 Å². The SMILES string of the molecule is NCC(CC(=O)N1CCCCC1)NC1CC=CC1. The molecule has 0 aromatic rings. The minimum absolute atomic E-state index is 0.129. The van der Waals surface area contributed by atoms with Crippen LogP contribution in [0.3, 0.4) is 0 Å². The van der Waals surface area contributed by atoms with E-state index in [1.54, 1.807) is 0 Å². The lowest BCUT2D eigenvalue weighted by molar-refractivity contribution is -0.132. The Bertz CT molecular complexity index is 289. The number of rotatable bonds is 5. The molecule has 1 saturated heterocycles. The van der Waals surface area contributed by atoms with E-state index in [9.17, 15) is 4.79 Å². The van der Waals surface area contributed by atoms with Gasteiger partial charge in [0.2, 0.25) is 5.91 Å². The first-order valence-corrected chi connectivity index (χ1v) is 7.18. The Labute approximate surface area is 110 Å². The second-order valence-corrected chi connectivity index (χ2v) is 5.38. The predicted octanol–water partition coefficient (Wildman–Crippen LogP) is 1.02. The first-order chi connectivity index (χ1) is 8.79. The van der Waals surface area contributed by atoms with Crippen LogP contribution in [0.5, 0.6) is 0 Å². The fraction of sp³-hybridized carbons (Fsp3) is 0.786. The molecular formula is C14H25N3O. The monoisotopic (exact) mass is 251 g/mol. The number of nitrogens with two attached hydrogens (primary N) is 1. The van der Waals surface area contributed by atoms with Gasteiger partial charge in [-0.25, -0.2) is 0 Å². The average molecular weight is 251 g/mol. The minimum Gasteiger partial charge on any atom is -0.343 e. The third-order valence-electron chi connectivity index (χ3n) is 3.89. The van der Waals surface area contributed by atoms with Gasteiger partial charge in [0.1, 0.15) is 0 Å². The molecule has 3 N–H and O–H groups in total. The number of carbonyl (C=O) groups is 1. The van der Waals surface area contributed by atoms with Crippen molar-refractivity contribution in [2.45, 2.75) is 50.6 Å². The van der Waals surface area contributed by atoms with Crippen LogP contribution in [0, 0.1) is 0 Å². The first-order valence-electron chi connectivity index (χ1n) is 7.18. The summed E-state index contributed by atoms with van der Waals surface area (Å²) in [7, 11) is 0. The number of nitrogens with one attached hydrogen (secondary N) is 1. The topological polar surface area (TPSA) is 58.4 Å². The van der Waals surface area contributed by atoms with Gasteiger partial charge < -0.3 is 16.0 Å². The molecule has 1 unspecified atom stereocenters. The maximum Gasteiger partial charge on any atom is 0.224 e. The summed E-state index contributed by atoms with van der Waals surface area (Å²) in [6.07, 6.45) is 10.6. The van der Waals surface area contributed by atoms with Crippen LogP contribution in [0.15, 0.2) is 12.2 Å². The van der Waals surface area contributed by atoms with Crippen molar-refractivity contribution in [3.8, 4) is 0 Å². The third-order valence-corrected chi connectivity index (χ3v) is 3.89. The summed E-state index contributed by atoms with van der Waals surface area (Å²) in [5.74, 6) is 0.267. The van der Waals surface area contributed by atoms with Gasteiger partial charge >= 0.3 is 0 Å². The average Bonchev–Trinajstić information content (AvgIpc) is 2.91. The number of carbonyl (C=O) groups excluding carboxylic acids is 1. The fourth-order valence-corrected chi connectivity index (χ4v) is 2.78. The van der Waals surface area contributed by atoms with Crippen molar-refractivity contribution >= 4 is 5.91 Å². The van der Waals surface area contributed by atoms with Gasteiger partial charge in [0, 0.05) is 38.1 Å². The fourth-order valence-electron chi connectivity index (χ4n) is 2.78. The zero-order chi connectivity index (χ0) is 12.8. The van der Waals surface area contributed by atoms with E-state index >= 15 is 0 Å². The standard InChI is InChI=1S/C14H25N3O/c15-11-13(16-12-6-2-3-7-12)10-14(18)17-8-4-1-5-9-17/h2-3,12-13,16H,1,4-11,15H2. The lowest BCUT2D eigenvalue weighted by Crippen LogP contribution is -2.46. The number of hydrogen-bond acceptors (Lipinski definition) is 3. The van der Waals surface area contributed by atoms with Crippen molar-refractivity contribution in [3.63, 3.8) is 0 Å². The molecule has 0 radical (unpaired) electrons. The van der Waals surface area contributed by atoms with Gasteiger partial charge in [0.25, 0.3) is 0 Å². The molecular weight excluding hydrogens is 226 g/mol. The zero-order valence-electron chi connectivity index (χ0n) is 11.1. The van der Waals surface area contributed by atoms with Crippen molar-refractivity contribution in [1.29, 1.82) is 0 Å². The highest BCUT2D eigenvalue weighted by Gasteiger charge is 2.22. The summed E-state index contributed by atoms with van der Waals surface area (Å²) < 4.78 is 0. The van der Waals surface area contributed by atoms with E-state index < -0.39 is 0 Å². The molecule has 0 saturated carbocycles. The molecule has 0 spiro atoms. The molecule has 4 heteroatoms. The molecule has 1 aliphatic carbocycles. The van der Waals surface area contributed by atoms with E-state index in [0.717, 1.165) is 38.8 Å². The quantitative estimate of drug-likeness (QED) is 0.717. The van der Waals surface area contributed by atoms with E-state index in [-0.39, 0.29) is 11.9 Å². The number of amides is 1. The van der Waals surface area contributed by atoms with E-state index in [1.807, 2.05) is 4.90 Å². The molecule has 1 heterocycles. The first kappa shape index (κ1) is 13.6. The number of piperidine rings is 1. The van der Waals surface area contributed by atoms with Crippen LogP contribution in [0.4, 0.5) is 0 Å². The Morgan fingerprint density at radius 2 is 1.94 bits per heavy atom. The van der Waals surface area contributed by atoms with Gasteiger partial charge in [-0.2, -0.15) is 0 Å². The van der Waals surface area contributed by atoms with Gasteiger partial charge in [0.15, 0.2) is 0 Å². The lowest BCUT2D eigenvalue weighted by Gasteiger charge is -2.29. The van der Waals surface area contributed by atoms with E-state index in [4.69, 9.17) is 5.73 Å². The van der Waals surface area contributed by atoms with Crippen LogP contribution < -0.4 is 11.1 Å². The molecule has 0 aromatic heterocycles. The number of likely N-dealkylation sites (tertiary alicyclic amines) is 1. The van der Waals surface area contributed by atoms with Crippen LogP contribution in [0.2, 0.25) is 0 Å². The van der Waals surface area contributed by atoms with Crippen molar-refractivity contribution in [1.82, 2.24) is 10.2 Å². The van der Waals surface area contributed by atoms with Gasteiger partial charge in [-0.3, -0.25) is 4.79 Å². The molecule has 2 aliphatic rings. The Hall–Kier alpha value is -0.870. The van der Waals surface area contributed by atoms with Gasteiger partial charge in [0.05, 0.1) is 0 Å². The highest BCUT2D eigenvalue weighted by Crippen LogP contribution is 2.13. The van der Waals surface area contributed by atoms with E-state index in [1.165, 1.54) is 6.42 Å². The van der Waals surface area contributed by atoms with Gasteiger partial charge in [-0.1, -0.05) is 12.2 Å².